The molecule has 5 nitrogen and oxygen atoms in total. The molecule has 3 N–H and O–H groups in total. The Balaban J connectivity index is 2.12. The molecule has 0 bridgehead atoms. The van der Waals surface area contributed by atoms with Crippen molar-refractivity contribution >= 4 is 27.7 Å². The van der Waals surface area contributed by atoms with Gasteiger partial charge in [-0.25, -0.2) is 4.98 Å². The lowest BCUT2D eigenvalue weighted by Crippen LogP contribution is -2.14. The second kappa shape index (κ2) is 5.79. The minimum atomic E-state index is -0.588. The Bertz CT molecular complexity index is 615. The highest BCUT2D eigenvalue weighted by atomic mass is 79.9. The van der Waals surface area contributed by atoms with E-state index >= 15 is 0 Å². The first kappa shape index (κ1) is 13.5. The number of hydrogen-bond donors (Lipinski definition) is 2. The molecule has 0 aliphatic heterocycles. The second-order valence-corrected chi connectivity index (χ2v) is 4.99. The van der Waals surface area contributed by atoms with Crippen molar-refractivity contribution in [2.75, 3.05) is 5.32 Å². The number of nitrogens with two attached hydrogens (primary N) is 1. The van der Waals surface area contributed by atoms with Gasteiger partial charge in [-0.05, 0) is 30.2 Å². The molecule has 0 radical (unpaired) electrons. The molecule has 98 valence electrons. The number of amides is 1. The Hall–Kier alpha value is -1.95. The predicted octanol–water partition coefficient (Wildman–Crippen LogP) is 2.26. The summed E-state index contributed by atoms with van der Waals surface area (Å²) in [7, 11) is 0. The summed E-state index contributed by atoms with van der Waals surface area (Å²) in [5.74, 6) is -0.0644. The molecule has 1 amide bonds. The van der Waals surface area contributed by atoms with Crippen molar-refractivity contribution in [3.8, 4) is 0 Å². The summed E-state index contributed by atoms with van der Waals surface area (Å²) < 4.78 is 1.02. The molecule has 0 aliphatic rings. The van der Waals surface area contributed by atoms with Crippen LogP contribution in [0.3, 0.4) is 0 Å². The van der Waals surface area contributed by atoms with Gasteiger partial charge in [0, 0.05) is 11.0 Å². The zero-order chi connectivity index (χ0) is 13.8. The molecule has 0 spiro atoms. The van der Waals surface area contributed by atoms with Gasteiger partial charge >= 0.3 is 0 Å². The number of rotatable bonds is 4. The molecule has 6 heteroatoms. The Morgan fingerprint density at radius 2 is 2.21 bits per heavy atom. The normalized spacial score (nSPS) is 10.2. The van der Waals surface area contributed by atoms with E-state index in [0.717, 1.165) is 10.0 Å². The number of primary amides is 1. The first-order chi connectivity index (χ1) is 9.06. The average molecular weight is 321 g/mol. The van der Waals surface area contributed by atoms with Gasteiger partial charge in [-0.2, -0.15) is 0 Å². The average Bonchev–Trinajstić information content (AvgIpc) is 2.40. The lowest BCUT2D eigenvalue weighted by atomic mass is 10.1. The van der Waals surface area contributed by atoms with Crippen molar-refractivity contribution in [2.24, 2.45) is 5.73 Å². The van der Waals surface area contributed by atoms with Crippen LogP contribution in [-0.4, -0.2) is 15.9 Å². The van der Waals surface area contributed by atoms with E-state index in [9.17, 15) is 4.79 Å². The van der Waals surface area contributed by atoms with Crippen LogP contribution in [0.2, 0.25) is 0 Å². The smallest absolute Gasteiger partial charge is 0.268 e. The van der Waals surface area contributed by atoms with Gasteiger partial charge in [0.05, 0.1) is 12.4 Å². The number of halogens is 1. The number of nitrogens with zero attached hydrogens (tertiary/aromatic N) is 2. The topological polar surface area (TPSA) is 80.9 Å². The molecule has 1 aromatic carbocycles. The van der Waals surface area contributed by atoms with Gasteiger partial charge in [-0.3, -0.25) is 9.78 Å². The Morgan fingerprint density at radius 3 is 2.95 bits per heavy atom. The van der Waals surface area contributed by atoms with Crippen LogP contribution in [0.25, 0.3) is 0 Å². The lowest BCUT2D eigenvalue weighted by Gasteiger charge is -2.09. The van der Waals surface area contributed by atoms with E-state index in [4.69, 9.17) is 5.73 Å². The van der Waals surface area contributed by atoms with E-state index in [-0.39, 0.29) is 5.69 Å². The zero-order valence-corrected chi connectivity index (χ0v) is 11.9. The highest BCUT2D eigenvalue weighted by Crippen LogP contribution is 2.17. The van der Waals surface area contributed by atoms with Crippen molar-refractivity contribution < 1.29 is 4.79 Å². The van der Waals surface area contributed by atoms with E-state index in [2.05, 4.69) is 31.2 Å². The molecule has 0 saturated heterocycles. The zero-order valence-electron chi connectivity index (χ0n) is 10.4. The van der Waals surface area contributed by atoms with Crippen LogP contribution < -0.4 is 11.1 Å². The van der Waals surface area contributed by atoms with Gasteiger partial charge < -0.3 is 11.1 Å². The molecule has 0 fully saturated rings. The van der Waals surface area contributed by atoms with Crippen molar-refractivity contribution in [3.63, 3.8) is 0 Å². The molecular formula is C13H13BrN4O. The Kier molecular flexibility index (Phi) is 4.11. The summed E-state index contributed by atoms with van der Waals surface area (Å²) in [6, 6.07) is 6.06. The van der Waals surface area contributed by atoms with Crippen LogP contribution in [0.15, 0.2) is 35.1 Å². The van der Waals surface area contributed by atoms with E-state index < -0.39 is 5.91 Å². The quantitative estimate of drug-likeness (QED) is 0.905. The summed E-state index contributed by atoms with van der Waals surface area (Å²) in [5, 5.41) is 3.12. The third-order valence-electron chi connectivity index (χ3n) is 2.66. The van der Waals surface area contributed by atoms with Gasteiger partial charge in [0.2, 0.25) is 0 Å². The number of benzene rings is 1. The Morgan fingerprint density at radius 1 is 1.42 bits per heavy atom. The van der Waals surface area contributed by atoms with E-state index in [0.29, 0.717) is 12.4 Å². The predicted molar refractivity (Wildman–Crippen MR) is 76.8 cm³/mol. The third-order valence-corrected chi connectivity index (χ3v) is 3.15. The first-order valence-corrected chi connectivity index (χ1v) is 6.46. The van der Waals surface area contributed by atoms with Crippen LogP contribution in [0.5, 0.6) is 0 Å². The second-order valence-electron chi connectivity index (χ2n) is 4.08. The van der Waals surface area contributed by atoms with Crippen molar-refractivity contribution in [2.45, 2.75) is 13.5 Å². The minimum Gasteiger partial charge on any atom is -0.365 e. The van der Waals surface area contributed by atoms with Gasteiger partial charge in [0.15, 0.2) is 0 Å². The first-order valence-electron chi connectivity index (χ1n) is 5.67. The highest BCUT2D eigenvalue weighted by molar-refractivity contribution is 9.10. The van der Waals surface area contributed by atoms with Gasteiger partial charge in [-0.15, -0.1) is 0 Å². The monoisotopic (exact) mass is 320 g/mol. The van der Waals surface area contributed by atoms with E-state index in [1.165, 1.54) is 11.8 Å². The maximum Gasteiger partial charge on any atom is 0.268 e. The van der Waals surface area contributed by atoms with E-state index in [1.54, 1.807) is 6.20 Å². The molecule has 0 unspecified atom stereocenters. The SMILES string of the molecule is Cc1ccc(Br)cc1CNc1cncc(C(N)=O)n1. The fourth-order valence-electron chi connectivity index (χ4n) is 1.59. The molecule has 0 saturated carbocycles. The summed E-state index contributed by atoms with van der Waals surface area (Å²) in [4.78, 5) is 19.0. The number of hydrogen-bond acceptors (Lipinski definition) is 4. The molecule has 1 heterocycles. The summed E-state index contributed by atoms with van der Waals surface area (Å²) in [6.07, 6.45) is 2.90. The number of nitrogens with one attached hydrogen (secondary N) is 1. The van der Waals surface area contributed by atoms with Crippen LogP contribution in [-0.2, 0) is 6.54 Å². The van der Waals surface area contributed by atoms with Gasteiger partial charge in [-0.1, -0.05) is 22.0 Å². The van der Waals surface area contributed by atoms with Crippen LogP contribution in [0.1, 0.15) is 21.6 Å². The molecule has 0 aliphatic carbocycles. The molecular weight excluding hydrogens is 308 g/mol. The number of aryl methyl sites for hydroxylation is 1. The Labute approximate surface area is 119 Å². The molecule has 1 aromatic heterocycles. The molecule has 19 heavy (non-hydrogen) atoms. The lowest BCUT2D eigenvalue weighted by molar-refractivity contribution is 0.0995. The third kappa shape index (κ3) is 3.51. The van der Waals surface area contributed by atoms with Crippen molar-refractivity contribution in [1.82, 2.24) is 9.97 Å². The maximum atomic E-state index is 11.0. The highest BCUT2D eigenvalue weighted by Gasteiger charge is 2.05. The molecule has 2 aromatic rings. The number of anilines is 1. The van der Waals surface area contributed by atoms with Gasteiger partial charge in [0.1, 0.15) is 11.5 Å². The maximum absolute atomic E-state index is 11.0. The van der Waals surface area contributed by atoms with Crippen molar-refractivity contribution in [1.29, 1.82) is 0 Å². The van der Waals surface area contributed by atoms with Gasteiger partial charge in [0.25, 0.3) is 5.91 Å². The standard InChI is InChI=1S/C13H13BrN4O/c1-8-2-3-10(14)4-9(8)5-17-12-7-16-6-11(18-12)13(15)19/h2-4,6-7H,5H2,1H3,(H2,15,19)(H,17,18). The molecule has 2 rings (SSSR count). The number of aromatic nitrogens is 2. The van der Waals surface area contributed by atoms with Crippen LogP contribution in [0.4, 0.5) is 5.82 Å². The summed E-state index contributed by atoms with van der Waals surface area (Å²) in [6.45, 7) is 2.64. The summed E-state index contributed by atoms with van der Waals surface area (Å²) in [5.41, 5.74) is 7.62. The fourth-order valence-corrected chi connectivity index (χ4v) is 1.99. The number of carbonyl (C=O) groups is 1. The minimum absolute atomic E-state index is 0.149. The summed E-state index contributed by atoms with van der Waals surface area (Å²) >= 11 is 3.44. The fraction of sp³-hybridized carbons (Fsp3) is 0.154. The largest absolute Gasteiger partial charge is 0.365 e. The van der Waals surface area contributed by atoms with E-state index in [1.807, 2.05) is 25.1 Å². The number of carbonyl (C=O) groups excluding carboxylic acids is 1. The van der Waals surface area contributed by atoms with Crippen LogP contribution in [0, 0.1) is 6.92 Å². The van der Waals surface area contributed by atoms with Crippen LogP contribution >= 0.6 is 15.9 Å². The van der Waals surface area contributed by atoms with Crippen molar-refractivity contribution in [3.05, 3.63) is 51.9 Å². The molecule has 0 atom stereocenters.